The maximum absolute atomic E-state index is 10.8. The summed E-state index contributed by atoms with van der Waals surface area (Å²) >= 11 is 0. The molecule has 64 valence electrons. The second-order valence-corrected chi connectivity index (χ2v) is 2.14. The van der Waals surface area contributed by atoms with Gasteiger partial charge in [0.05, 0.1) is 0 Å². The van der Waals surface area contributed by atoms with Crippen molar-refractivity contribution in [3.8, 4) is 0 Å². The molecule has 1 heterocycles. The number of carbonyl (C=O) groups is 3. The van der Waals surface area contributed by atoms with Gasteiger partial charge in [0.25, 0.3) is 5.91 Å². The van der Waals surface area contributed by atoms with Gasteiger partial charge in [-0.15, -0.1) is 0 Å². The van der Waals surface area contributed by atoms with Crippen LogP contribution in [-0.2, 0) is 9.59 Å². The molecule has 0 aliphatic carbocycles. The molecule has 6 heteroatoms. The van der Waals surface area contributed by atoms with E-state index in [1.54, 1.807) is 0 Å². The van der Waals surface area contributed by atoms with Crippen LogP contribution in [0.4, 0.5) is 4.79 Å². The summed E-state index contributed by atoms with van der Waals surface area (Å²) in [6.45, 7) is 0. The lowest BCUT2D eigenvalue weighted by atomic mass is 10.3. The number of urea groups is 1. The van der Waals surface area contributed by atoms with E-state index in [9.17, 15) is 14.4 Å². The Kier molecular flexibility index (Phi) is 2.09. The predicted octanol–water partition coefficient (Wildman–Crippen LogP) is -1.16. The molecular formula is C6H6N2O4. The van der Waals surface area contributed by atoms with E-state index in [-0.39, 0.29) is 0 Å². The first-order chi connectivity index (χ1) is 5.59. The van der Waals surface area contributed by atoms with Crippen LogP contribution in [0, 0.1) is 0 Å². The molecule has 0 aromatic rings. The van der Waals surface area contributed by atoms with Crippen LogP contribution in [0.1, 0.15) is 0 Å². The third-order valence-corrected chi connectivity index (χ3v) is 1.24. The number of aliphatic carboxylic acids is 1. The van der Waals surface area contributed by atoms with Crippen molar-refractivity contribution in [2.75, 3.05) is 0 Å². The molecule has 12 heavy (non-hydrogen) atoms. The van der Waals surface area contributed by atoms with E-state index < -0.39 is 23.9 Å². The lowest BCUT2D eigenvalue weighted by Gasteiger charge is -1.96. The molecular weight excluding hydrogens is 164 g/mol. The minimum Gasteiger partial charge on any atom is -0.478 e. The molecule has 3 amide bonds. The van der Waals surface area contributed by atoms with Crippen LogP contribution in [0.25, 0.3) is 0 Å². The zero-order valence-electron chi connectivity index (χ0n) is 5.90. The maximum atomic E-state index is 10.8. The van der Waals surface area contributed by atoms with Crippen LogP contribution in [0.2, 0.25) is 0 Å². The Morgan fingerprint density at radius 3 is 2.58 bits per heavy atom. The molecule has 0 aromatic heterocycles. The molecule has 1 aliphatic rings. The third kappa shape index (κ3) is 1.82. The summed E-state index contributed by atoms with van der Waals surface area (Å²) in [4.78, 5) is 31.3. The summed E-state index contributed by atoms with van der Waals surface area (Å²) in [5.41, 5.74) is 0. The monoisotopic (exact) mass is 170 g/mol. The van der Waals surface area contributed by atoms with Gasteiger partial charge in [-0.1, -0.05) is 0 Å². The van der Waals surface area contributed by atoms with Crippen LogP contribution < -0.4 is 10.6 Å². The fourth-order valence-corrected chi connectivity index (χ4v) is 0.747. The average Bonchev–Trinajstić information content (AvgIpc) is 2.26. The Balaban J connectivity index is 2.59. The Hall–Kier alpha value is -1.85. The molecule has 0 spiro atoms. The van der Waals surface area contributed by atoms with E-state index in [1.165, 1.54) is 0 Å². The first-order valence-electron chi connectivity index (χ1n) is 3.12. The second kappa shape index (κ2) is 3.04. The van der Waals surface area contributed by atoms with Gasteiger partial charge in [0.1, 0.15) is 6.04 Å². The summed E-state index contributed by atoms with van der Waals surface area (Å²) < 4.78 is 0. The van der Waals surface area contributed by atoms with E-state index in [0.717, 1.165) is 12.2 Å². The Morgan fingerprint density at radius 2 is 2.17 bits per heavy atom. The van der Waals surface area contributed by atoms with Crippen molar-refractivity contribution in [1.82, 2.24) is 10.6 Å². The van der Waals surface area contributed by atoms with Crippen molar-refractivity contribution >= 4 is 17.9 Å². The third-order valence-electron chi connectivity index (χ3n) is 1.24. The minimum atomic E-state index is -1.16. The van der Waals surface area contributed by atoms with Gasteiger partial charge in [0.15, 0.2) is 0 Å². The number of carboxylic acids is 1. The predicted molar refractivity (Wildman–Crippen MR) is 37.2 cm³/mol. The van der Waals surface area contributed by atoms with Gasteiger partial charge in [-0.05, 0) is 6.08 Å². The molecule has 1 unspecified atom stereocenters. The largest absolute Gasteiger partial charge is 0.478 e. The van der Waals surface area contributed by atoms with E-state index in [4.69, 9.17) is 5.11 Å². The zero-order chi connectivity index (χ0) is 9.14. The number of carbonyl (C=O) groups excluding carboxylic acids is 2. The lowest BCUT2D eigenvalue weighted by molar-refractivity contribution is -0.131. The quantitative estimate of drug-likeness (QED) is 0.359. The number of imide groups is 1. The zero-order valence-corrected chi connectivity index (χ0v) is 5.90. The van der Waals surface area contributed by atoms with Gasteiger partial charge in [0.2, 0.25) is 0 Å². The first-order valence-corrected chi connectivity index (χ1v) is 3.12. The van der Waals surface area contributed by atoms with E-state index in [0.29, 0.717) is 0 Å². The summed E-state index contributed by atoms with van der Waals surface area (Å²) in [7, 11) is 0. The summed E-state index contributed by atoms with van der Waals surface area (Å²) in [5.74, 6) is -1.71. The number of nitrogens with one attached hydrogen (secondary N) is 2. The van der Waals surface area contributed by atoms with Crippen molar-refractivity contribution in [1.29, 1.82) is 0 Å². The standard InChI is InChI=1S/C6H6N2O4/c9-4(10)2-1-3-5(11)8-6(12)7-3/h1-3H,(H,9,10)(H2,7,8,11,12)/b2-1+. The van der Waals surface area contributed by atoms with Crippen molar-refractivity contribution in [3.63, 3.8) is 0 Å². The Morgan fingerprint density at radius 1 is 1.50 bits per heavy atom. The smallest absolute Gasteiger partial charge is 0.328 e. The Bertz CT molecular complexity index is 271. The second-order valence-electron chi connectivity index (χ2n) is 2.14. The van der Waals surface area contributed by atoms with Gasteiger partial charge in [0, 0.05) is 6.08 Å². The van der Waals surface area contributed by atoms with E-state index in [1.807, 2.05) is 5.32 Å². The molecule has 1 atom stereocenters. The van der Waals surface area contributed by atoms with Gasteiger partial charge in [-0.3, -0.25) is 10.1 Å². The van der Waals surface area contributed by atoms with Gasteiger partial charge < -0.3 is 10.4 Å². The van der Waals surface area contributed by atoms with Crippen LogP contribution in [0.3, 0.4) is 0 Å². The van der Waals surface area contributed by atoms with Crippen LogP contribution in [0.15, 0.2) is 12.2 Å². The van der Waals surface area contributed by atoms with Crippen molar-refractivity contribution in [2.24, 2.45) is 0 Å². The highest BCUT2D eigenvalue weighted by Gasteiger charge is 2.26. The number of rotatable bonds is 2. The molecule has 1 saturated heterocycles. The fraction of sp³-hybridized carbons (Fsp3) is 0.167. The summed E-state index contributed by atoms with van der Waals surface area (Å²) in [6.07, 6.45) is 1.90. The van der Waals surface area contributed by atoms with Crippen molar-refractivity contribution < 1.29 is 19.5 Å². The summed E-state index contributed by atoms with van der Waals surface area (Å²) in [6, 6.07) is -1.48. The number of carboxylic acid groups (broad SMARTS) is 1. The molecule has 0 bridgehead atoms. The van der Waals surface area contributed by atoms with Crippen LogP contribution in [0.5, 0.6) is 0 Å². The molecule has 0 radical (unpaired) electrons. The van der Waals surface area contributed by atoms with Crippen molar-refractivity contribution in [2.45, 2.75) is 6.04 Å². The highest BCUT2D eigenvalue weighted by molar-refractivity contribution is 6.05. The number of hydrogen-bond donors (Lipinski definition) is 3. The van der Waals surface area contributed by atoms with Gasteiger partial charge >= 0.3 is 12.0 Å². The van der Waals surface area contributed by atoms with Gasteiger partial charge in [-0.2, -0.15) is 0 Å². The number of amides is 3. The molecule has 1 rings (SSSR count). The highest BCUT2D eigenvalue weighted by Crippen LogP contribution is 1.94. The van der Waals surface area contributed by atoms with Gasteiger partial charge in [-0.25, -0.2) is 9.59 Å². The van der Waals surface area contributed by atoms with Crippen molar-refractivity contribution in [3.05, 3.63) is 12.2 Å². The molecule has 3 N–H and O–H groups in total. The first kappa shape index (κ1) is 8.25. The molecule has 6 nitrogen and oxygen atoms in total. The average molecular weight is 170 g/mol. The van der Waals surface area contributed by atoms with E-state index >= 15 is 0 Å². The fourth-order valence-electron chi connectivity index (χ4n) is 0.747. The molecule has 0 aromatic carbocycles. The highest BCUT2D eigenvalue weighted by atomic mass is 16.4. The van der Waals surface area contributed by atoms with Crippen LogP contribution >= 0.6 is 0 Å². The molecule has 1 aliphatic heterocycles. The topological polar surface area (TPSA) is 95.5 Å². The summed E-state index contributed by atoms with van der Waals surface area (Å²) in [5, 5.41) is 12.4. The normalized spacial score (nSPS) is 22.5. The molecule has 1 fully saturated rings. The molecule has 0 saturated carbocycles. The van der Waals surface area contributed by atoms with Crippen LogP contribution in [-0.4, -0.2) is 29.1 Å². The maximum Gasteiger partial charge on any atom is 0.328 e. The Labute approximate surface area is 67.2 Å². The minimum absolute atomic E-state index is 0.544. The number of hydrogen-bond acceptors (Lipinski definition) is 3. The lowest BCUT2D eigenvalue weighted by Crippen LogP contribution is -2.26. The SMILES string of the molecule is O=C(O)/C=C/C1NC(=O)NC1=O. The van der Waals surface area contributed by atoms with E-state index in [2.05, 4.69) is 5.32 Å².